The van der Waals surface area contributed by atoms with Crippen LogP contribution in [0.3, 0.4) is 0 Å². The Kier molecular flexibility index (Phi) is 4.86. The van der Waals surface area contributed by atoms with Crippen LogP contribution in [-0.2, 0) is 0 Å². The van der Waals surface area contributed by atoms with Crippen molar-refractivity contribution in [2.24, 2.45) is 5.84 Å². The molecule has 0 aliphatic carbocycles. The maximum absolute atomic E-state index is 13.2. The highest BCUT2D eigenvalue weighted by molar-refractivity contribution is 7.99. The van der Waals surface area contributed by atoms with E-state index >= 15 is 0 Å². The third kappa shape index (κ3) is 4.23. The van der Waals surface area contributed by atoms with E-state index in [0.29, 0.717) is 4.90 Å². The second-order valence-electron chi connectivity index (χ2n) is 4.21. The van der Waals surface area contributed by atoms with Gasteiger partial charge in [-0.15, -0.1) is 0 Å². The van der Waals surface area contributed by atoms with Crippen molar-refractivity contribution in [3.8, 4) is 6.01 Å². The SMILES string of the molecule is CC(C)Oc1nc(NN)nc(Sc2ccc(F)c(F)c2)n1. The molecule has 0 unspecified atom stereocenters. The summed E-state index contributed by atoms with van der Waals surface area (Å²) >= 11 is 1.04. The number of ether oxygens (including phenoxy) is 1. The number of benzene rings is 1. The lowest BCUT2D eigenvalue weighted by molar-refractivity contribution is 0.219. The van der Waals surface area contributed by atoms with Gasteiger partial charge in [0.25, 0.3) is 0 Å². The summed E-state index contributed by atoms with van der Waals surface area (Å²) in [7, 11) is 0. The lowest BCUT2D eigenvalue weighted by Crippen LogP contribution is -2.14. The first-order valence-electron chi connectivity index (χ1n) is 6.00. The molecule has 2 rings (SSSR count). The minimum absolute atomic E-state index is 0.0954. The fraction of sp³-hybridized carbons (Fsp3) is 0.250. The molecule has 0 radical (unpaired) electrons. The van der Waals surface area contributed by atoms with Crippen molar-refractivity contribution in [1.82, 2.24) is 15.0 Å². The third-order valence-electron chi connectivity index (χ3n) is 2.16. The van der Waals surface area contributed by atoms with Crippen LogP contribution in [0.15, 0.2) is 28.3 Å². The molecule has 1 aromatic heterocycles. The number of nitrogen functional groups attached to an aromatic ring is 1. The molecule has 0 amide bonds. The smallest absolute Gasteiger partial charge is 0.322 e. The maximum Gasteiger partial charge on any atom is 0.322 e. The summed E-state index contributed by atoms with van der Waals surface area (Å²) in [5, 5.41) is 0.250. The highest BCUT2D eigenvalue weighted by Gasteiger charge is 2.11. The van der Waals surface area contributed by atoms with Gasteiger partial charge in [0, 0.05) is 4.90 Å². The molecule has 0 fully saturated rings. The number of nitrogens with zero attached hydrogens (tertiary/aromatic N) is 3. The molecule has 0 atom stereocenters. The van der Waals surface area contributed by atoms with Crippen LogP contribution in [0.4, 0.5) is 14.7 Å². The lowest BCUT2D eigenvalue weighted by atomic mass is 10.3. The molecule has 21 heavy (non-hydrogen) atoms. The summed E-state index contributed by atoms with van der Waals surface area (Å²) in [4.78, 5) is 12.5. The Balaban J connectivity index is 2.27. The molecule has 2 aromatic rings. The molecule has 112 valence electrons. The Hall–Kier alpha value is -2.00. The average molecular weight is 313 g/mol. The quantitative estimate of drug-likeness (QED) is 0.647. The average Bonchev–Trinajstić information content (AvgIpc) is 2.42. The van der Waals surface area contributed by atoms with Gasteiger partial charge in [-0.1, -0.05) is 0 Å². The number of aromatic nitrogens is 3. The van der Waals surface area contributed by atoms with Gasteiger partial charge in [0.15, 0.2) is 11.6 Å². The summed E-state index contributed by atoms with van der Waals surface area (Å²) in [5.74, 6) is 3.54. The summed E-state index contributed by atoms with van der Waals surface area (Å²) in [5.41, 5.74) is 2.30. The Morgan fingerprint density at radius 3 is 2.57 bits per heavy atom. The van der Waals surface area contributed by atoms with Gasteiger partial charge < -0.3 is 4.74 Å². The molecule has 3 N–H and O–H groups in total. The lowest BCUT2D eigenvalue weighted by Gasteiger charge is -2.09. The fourth-order valence-corrected chi connectivity index (χ4v) is 2.12. The van der Waals surface area contributed by atoms with E-state index in [0.717, 1.165) is 23.9 Å². The van der Waals surface area contributed by atoms with Crippen molar-refractivity contribution in [2.75, 3.05) is 5.43 Å². The van der Waals surface area contributed by atoms with E-state index in [1.807, 2.05) is 13.8 Å². The summed E-state index contributed by atoms with van der Waals surface area (Å²) in [6.45, 7) is 3.64. The van der Waals surface area contributed by atoms with E-state index in [4.69, 9.17) is 10.6 Å². The van der Waals surface area contributed by atoms with Gasteiger partial charge in [-0.25, -0.2) is 14.6 Å². The second-order valence-corrected chi connectivity index (χ2v) is 5.25. The molecule has 0 saturated carbocycles. The van der Waals surface area contributed by atoms with Crippen LogP contribution in [-0.4, -0.2) is 21.1 Å². The predicted molar refractivity (Wildman–Crippen MR) is 73.9 cm³/mol. The highest BCUT2D eigenvalue weighted by Crippen LogP contribution is 2.27. The zero-order chi connectivity index (χ0) is 15.4. The number of nitrogens with two attached hydrogens (primary N) is 1. The van der Waals surface area contributed by atoms with Gasteiger partial charge in [0.1, 0.15) is 0 Å². The normalized spacial score (nSPS) is 10.8. The standard InChI is InChI=1S/C12H13F2N5OS/c1-6(2)20-11-16-10(19-15)17-12(18-11)21-7-3-4-8(13)9(14)5-7/h3-6H,15H2,1-2H3,(H,16,17,18,19). The largest absolute Gasteiger partial charge is 0.461 e. The number of rotatable bonds is 5. The summed E-state index contributed by atoms with van der Waals surface area (Å²) < 4.78 is 31.4. The van der Waals surface area contributed by atoms with Gasteiger partial charge in [-0.2, -0.15) is 15.0 Å². The van der Waals surface area contributed by atoms with Crippen LogP contribution >= 0.6 is 11.8 Å². The van der Waals surface area contributed by atoms with Crippen LogP contribution in [0.1, 0.15) is 13.8 Å². The van der Waals surface area contributed by atoms with E-state index < -0.39 is 11.6 Å². The van der Waals surface area contributed by atoms with Gasteiger partial charge in [-0.3, -0.25) is 5.43 Å². The molecule has 1 aromatic carbocycles. The first kappa shape index (κ1) is 15.4. The molecule has 0 aliphatic rings. The van der Waals surface area contributed by atoms with Crippen molar-refractivity contribution in [1.29, 1.82) is 0 Å². The Bertz CT molecular complexity index is 641. The van der Waals surface area contributed by atoms with Gasteiger partial charge in [0.05, 0.1) is 6.10 Å². The van der Waals surface area contributed by atoms with Crippen LogP contribution in [0.2, 0.25) is 0 Å². The molecule has 0 aliphatic heterocycles. The molecule has 0 spiro atoms. The molecule has 1 heterocycles. The summed E-state index contributed by atoms with van der Waals surface area (Å²) in [6.07, 6.45) is -0.126. The van der Waals surface area contributed by atoms with Gasteiger partial charge in [0.2, 0.25) is 11.1 Å². The van der Waals surface area contributed by atoms with Crippen molar-refractivity contribution in [3.63, 3.8) is 0 Å². The topological polar surface area (TPSA) is 86.0 Å². The third-order valence-corrected chi connectivity index (χ3v) is 3.02. The van der Waals surface area contributed by atoms with Crippen LogP contribution in [0.5, 0.6) is 6.01 Å². The molecule has 6 nitrogen and oxygen atoms in total. The highest BCUT2D eigenvalue weighted by atomic mass is 32.2. The van der Waals surface area contributed by atoms with E-state index in [1.165, 1.54) is 6.07 Å². The van der Waals surface area contributed by atoms with Crippen LogP contribution in [0.25, 0.3) is 0 Å². The molecule has 0 bridgehead atoms. The zero-order valence-electron chi connectivity index (χ0n) is 11.3. The summed E-state index contributed by atoms with van der Waals surface area (Å²) in [6, 6.07) is 3.61. The van der Waals surface area contributed by atoms with E-state index in [-0.39, 0.29) is 23.2 Å². The van der Waals surface area contributed by atoms with Gasteiger partial charge in [-0.05, 0) is 43.8 Å². The Labute approximate surface area is 124 Å². The number of hydrogen-bond acceptors (Lipinski definition) is 7. The number of anilines is 1. The molecule has 0 saturated heterocycles. The Morgan fingerprint density at radius 1 is 1.19 bits per heavy atom. The maximum atomic E-state index is 13.2. The molecular formula is C12H13F2N5OS. The minimum atomic E-state index is -0.940. The zero-order valence-corrected chi connectivity index (χ0v) is 12.1. The van der Waals surface area contributed by atoms with Crippen molar-refractivity contribution >= 4 is 17.7 Å². The monoisotopic (exact) mass is 313 g/mol. The molecular weight excluding hydrogens is 300 g/mol. The van der Waals surface area contributed by atoms with Crippen molar-refractivity contribution < 1.29 is 13.5 Å². The second kappa shape index (κ2) is 6.64. The number of nitrogens with one attached hydrogen (secondary N) is 1. The first-order chi connectivity index (χ1) is 9.97. The number of hydrazine groups is 1. The van der Waals surface area contributed by atoms with E-state index in [9.17, 15) is 8.78 Å². The van der Waals surface area contributed by atoms with Crippen LogP contribution < -0.4 is 16.0 Å². The van der Waals surface area contributed by atoms with E-state index in [1.54, 1.807) is 0 Å². The van der Waals surface area contributed by atoms with Crippen LogP contribution in [0, 0.1) is 11.6 Å². The van der Waals surface area contributed by atoms with E-state index in [2.05, 4.69) is 20.4 Å². The van der Waals surface area contributed by atoms with Crippen molar-refractivity contribution in [2.45, 2.75) is 30.0 Å². The fourth-order valence-electron chi connectivity index (χ4n) is 1.36. The number of hydrogen-bond donors (Lipinski definition) is 2. The molecule has 9 heteroatoms. The number of halogens is 2. The van der Waals surface area contributed by atoms with Gasteiger partial charge >= 0.3 is 6.01 Å². The minimum Gasteiger partial charge on any atom is -0.461 e. The predicted octanol–water partition coefficient (Wildman–Crippen LogP) is 2.37. The van der Waals surface area contributed by atoms with Crippen molar-refractivity contribution in [3.05, 3.63) is 29.8 Å². The first-order valence-corrected chi connectivity index (χ1v) is 6.82. The Morgan fingerprint density at radius 2 is 1.95 bits per heavy atom.